The van der Waals surface area contributed by atoms with E-state index in [1.165, 1.54) is 6.20 Å². The molecule has 0 unspecified atom stereocenters. The van der Waals surface area contributed by atoms with Crippen LogP contribution < -0.4 is 10.6 Å². The Morgan fingerprint density at radius 3 is 2.88 bits per heavy atom. The van der Waals surface area contributed by atoms with Crippen molar-refractivity contribution >= 4 is 34.8 Å². The van der Waals surface area contributed by atoms with Crippen LogP contribution in [-0.4, -0.2) is 65.3 Å². The lowest BCUT2D eigenvalue weighted by molar-refractivity contribution is -0.131. The number of pyridine rings is 1. The van der Waals surface area contributed by atoms with E-state index < -0.39 is 6.10 Å². The topological polar surface area (TPSA) is 98.3 Å². The van der Waals surface area contributed by atoms with Gasteiger partial charge in [0.2, 0.25) is 0 Å². The van der Waals surface area contributed by atoms with Crippen molar-refractivity contribution in [2.75, 3.05) is 38.2 Å². The predicted molar refractivity (Wildman–Crippen MR) is 128 cm³/mol. The third-order valence-electron chi connectivity index (χ3n) is 5.91. The Bertz CT molecular complexity index is 998. The second-order valence-corrected chi connectivity index (χ2v) is 9.87. The summed E-state index contributed by atoms with van der Waals surface area (Å²) in [6, 6.07) is 1.75. The zero-order valence-electron chi connectivity index (χ0n) is 18.9. The molecule has 0 aromatic carbocycles. The Labute approximate surface area is 203 Å². The van der Waals surface area contributed by atoms with E-state index in [1.807, 2.05) is 0 Å². The number of carbonyl (C=O) groups excluding carboxylic acids is 1. The van der Waals surface area contributed by atoms with Gasteiger partial charge in [0.15, 0.2) is 10.9 Å². The summed E-state index contributed by atoms with van der Waals surface area (Å²) in [5, 5.41) is 7.16. The Balaban J connectivity index is 1.48. The smallest absolute Gasteiger partial charge is 0.168 e. The quantitative estimate of drug-likeness (QED) is 0.603. The van der Waals surface area contributed by atoms with Crippen LogP contribution in [-0.2, 0) is 20.7 Å². The molecular weight excluding hydrogens is 465 g/mol. The minimum atomic E-state index is -0.467. The molecule has 2 fully saturated rings. The van der Waals surface area contributed by atoms with E-state index in [2.05, 4.69) is 39.4 Å². The van der Waals surface area contributed by atoms with Gasteiger partial charge in [0.1, 0.15) is 17.6 Å². The van der Waals surface area contributed by atoms with Gasteiger partial charge in [0.05, 0.1) is 29.8 Å². The predicted octanol–water partition coefficient (Wildman–Crippen LogP) is 3.56. The fraction of sp³-hybridized carbons (Fsp3) is 0.565. The van der Waals surface area contributed by atoms with Gasteiger partial charge in [0, 0.05) is 43.7 Å². The van der Waals surface area contributed by atoms with Crippen molar-refractivity contribution in [3.63, 3.8) is 0 Å². The first-order valence-electron chi connectivity index (χ1n) is 11.2. The van der Waals surface area contributed by atoms with Crippen molar-refractivity contribution in [1.29, 1.82) is 0 Å². The van der Waals surface area contributed by atoms with Gasteiger partial charge in [-0.3, -0.25) is 9.78 Å². The third kappa shape index (κ3) is 6.39. The molecule has 2 aromatic rings. The summed E-state index contributed by atoms with van der Waals surface area (Å²) in [7, 11) is 0. The number of ketones is 1. The van der Waals surface area contributed by atoms with E-state index in [-0.39, 0.29) is 23.0 Å². The van der Waals surface area contributed by atoms with Crippen LogP contribution in [0.15, 0.2) is 18.5 Å². The van der Waals surface area contributed by atoms with Crippen molar-refractivity contribution in [2.45, 2.75) is 44.8 Å². The molecule has 4 rings (SSSR count). The van der Waals surface area contributed by atoms with Gasteiger partial charge in [-0.1, -0.05) is 23.2 Å². The van der Waals surface area contributed by atoms with Crippen molar-refractivity contribution < 1.29 is 14.3 Å². The summed E-state index contributed by atoms with van der Waals surface area (Å²) in [6.07, 6.45) is 4.77. The first-order chi connectivity index (χ1) is 15.8. The number of ether oxygens (including phenoxy) is 2. The number of Topliss-reactive ketones (excluding diaryl/α,β-unsaturated/α-hetero) is 1. The zero-order chi connectivity index (χ0) is 23.4. The van der Waals surface area contributed by atoms with E-state index >= 15 is 0 Å². The van der Waals surface area contributed by atoms with Gasteiger partial charge in [0.25, 0.3) is 0 Å². The lowest BCUT2D eigenvalue weighted by Gasteiger charge is -2.35. The number of nitrogens with zero attached hydrogens (tertiary/aromatic N) is 3. The number of morpholine rings is 1. The summed E-state index contributed by atoms with van der Waals surface area (Å²) < 4.78 is 11.4. The Morgan fingerprint density at radius 1 is 1.27 bits per heavy atom. The summed E-state index contributed by atoms with van der Waals surface area (Å²) in [6.45, 7) is 7.53. The summed E-state index contributed by atoms with van der Waals surface area (Å²) in [5.41, 5.74) is 1.50. The molecule has 2 atom stereocenters. The number of carbonyl (C=O) groups is 1. The van der Waals surface area contributed by atoms with Crippen molar-refractivity contribution in [1.82, 2.24) is 20.3 Å². The average Bonchev–Trinajstić information content (AvgIpc) is 2.80. The standard InChI is InChI=1S/C23H29Cl2N5O3/c1-23(2)9-14(3-5-33-23)10-28-20-13-29-22(25)21(30-20)16-7-15(27-11-17(16)24)8-18(31)19-12-26-4-6-32-19/h7,11,13-14,19,26H,3-6,8-10,12H2,1-2H3,(H,28,30)/t14-,19-/m1/s1. The molecule has 2 N–H and O–H groups in total. The second kappa shape index (κ2) is 10.6. The maximum atomic E-state index is 12.6. The van der Waals surface area contributed by atoms with Gasteiger partial charge >= 0.3 is 0 Å². The monoisotopic (exact) mass is 493 g/mol. The van der Waals surface area contributed by atoms with Crippen molar-refractivity contribution in [2.24, 2.45) is 5.92 Å². The zero-order valence-corrected chi connectivity index (χ0v) is 20.4. The molecule has 2 aliphatic heterocycles. The fourth-order valence-electron chi connectivity index (χ4n) is 4.24. The van der Waals surface area contributed by atoms with Gasteiger partial charge < -0.3 is 20.1 Å². The Morgan fingerprint density at radius 2 is 2.12 bits per heavy atom. The lowest BCUT2D eigenvalue weighted by atomic mass is 9.88. The maximum absolute atomic E-state index is 12.6. The number of hydrogen-bond donors (Lipinski definition) is 2. The average molecular weight is 494 g/mol. The molecular formula is C23H29Cl2N5O3. The number of halogens is 2. The lowest BCUT2D eigenvalue weighted by Crippen LogP contribution is -2.43. The largest absolute Gasteiger partial charge is 0.376 e. The second-order valence-electron chi connectivity index (χ2n) is 9.10. The molecule has 0 amide bonds. The van der Waals surface area contributed by atoms with Crippen molar-refractivity contribution in [3.05, 3.63) is 34.3 Å². The summed E-state index contributed by atoms with van der Waals surface area (Å²) in [4.78, 5) is 25.9. The van der Waals surface area contributed by atoms with Gasteiger partial charge in [-0.05, 0) is 38.7 Å². The molecule has 33 heavy (non-hydrogen) atoms. The van der Waals surface area contributed by atoms with Crippen LogP contribution in [0.4, 0.5) is 5.82 Å². The number of aromatic nitrogens is 3. The normalized spacial score (nSPS) is 22.7. The molecule has 4 heterocycles. The third-order valence-corrected chi connectivity index (χ3v) is 6.49. The summed E-state index contributed by atoms with van der Waals surface area (Å²) in [5.74, 6) is 1.06. The van der Waals surface area contributed by atoms with Crippen LogP contribution in [0.2, 0.25) is 10.2 Å². The van der Waals surface area contributed by atoms with Crippen LogP contribution in [0.25, 0.3) is 11.3 Å². The van der Waals surface area contributed by atoms with Crippen LogP contribution >= 0.6 is 23.2 Å². The van der Waals surface area contributed by atoms with E-state index in [0.717, 1.165) is 32.5 Å². The highest BCUT2D eigenvalue weighted by molar-refractivity contribution is 6.35. The molecule has 0 aliphatic carbocycles. The van der Waals surface area contributed by atoms with Gasteiger partial charge in [-0.2, -0.15) is 0 Å². The molecule has 2 aromatic heterocycles. The SMILES string of the molecule is CC1(C)C[C@H](CNc2cnc(Cl)c(-c3cc(CC(=O)[C@H]4CNCCO4)ncc3Cl)n2)CCO1. The molecule has 0 bridgehead atoms. The first kappa shape index (κ1) is 24.3. The van der Waals surface area contributed by atoms with Crippen molar-refractivity contribution in [3.8, 4) is 11.3 Å². The van der Waals surface area contributed by atoms with Gasteiger partial charge in [-0.25, -0.2) is 9.97 Å². The van der Waals surface area contributed by atoms with Crippen LogP contribution in [0, 0.1) is 5.92 Å². The minimum absolute atomic E-state index is 0.0324. The first-order valence-corrected chi connectivity index (χ1v) is 12.0. The van der Waals surface area contributed by atoms with Crippen LogP contribution in [0.1, 0.15) is 32.4 Å². The minimum Gasteiger partial charge on any atom is -0.376 e. The van der Waals surface area contributed by atoms with Gasteiger partial charge in [-0.15, -0.1) is 0 Å². The van der Waals surface area contributed by atoms with E-state index in [4.69, 9.17) is 32.7 Å². The fourth-order valence-corrected chi connectivity index (χ4v) is 4.62. The number of anilines is 1. The number of hydrogen-bond acceptors (Lipinski definition) is 8. The molecule has 2 aliphatic rings. The van der Waals surface area contributed by atoms with Crippen LogP contribution in [0.5, 0.6) is 0 Å². The van der Waals surface area contributed by atoms with E-state index in [0.29, 0.717) is 46.9 Å². The highest BCUT2D eigenvalue weighted by Crippen LogP contribution is 2.32. The molecule has 2 saturated heterocycles. The summed E-state index contributed by atoms with van der Waals surface area (Å²) >= 11 is 12.8. The van der Waals surface area contributed by atoms with Crippen LogP contribution in [0.3, 0.4) is 0 Å². The highest BCUT2D eigenvalue weighted by atomic mass is 35.5. The number of rotatable bonds is 7. The van der Waals surface area contributed by atoms with E-state index in [1.54, 1.807) is 12.3 Å². The molecule has 0 radical (unpaired) electrons. The molecule has 10 heteroatoms. The molecule has 8 nitrogen and oxygen atoms in total. The Hall–Kier alpha value is -1.84. The van der Waals surface area contributed by atoms with E-state index in [9.17, 15) is 4.79 Å². The molecule has 0 saturated carbocycles. The number of nitrogens with one attached hydrogen (secondary N) is 2. The molecule has 0 spiro atoms. The molecule has 178 valence electrons. The highest BCUT2D eigenvalue weighted by Gasteiger charge is 2.29. The maximum Gasteiger partial charge on any atom is 0.168 e. The Kier molecular flexibility index (Phi) is 7.81.